The molecular weight excluding hydrogens is 224 g/mol. The van der Waals surface area contributed by atoms with Crippen LogP contribution in [-0.2, 0) is 0 Å². The van der Waals surface area contributed by atoms with Crippen molar-refractivity contribution in [2.45, 2.75) is 63.9 Å². The third-order valence-corrected chi connectivity index (χ3v) is 3.93. The minimum Gasteiger partial charge on any atom is -0.387 e. The van der Waals surface area contributed by atoms with Gasteiger partial charge in [0.15, 0.2) is 0 Å². The molecule has 1 aliphatic rings. The summed E-state index contributed by atoms with van der Waals surface area (Å²) in [4.78, 5) is 2.29. The van der Waals surface area contributed by atoms with E-state index in [1.165, 1.54) is 44.9 Å². The second-order valence-electron chi connectivity index (χ2n) is 6.01. The Bertz CT molecular complexity index is 203. The second-order valence-corrected chi connectivity index (χ2v) is 6.01. The Morgan fingerprint density at radius 1 is 1.11 bits per heavy atom. The van der Waals surface area contributed by atoms with Gasteiger partial charge >= 0.3 is 0 Å². The molecule has 1 heterocycles. The van der Waals surface area contributed by atoms with Crippen LogP contribution in [0.5, 0.6) is 0 Å². The standard InChI is InChI=1S/C15H32N2O/c1-3-4-5-6-7-8-9-12-17(2)14-15(18)10-11-16-13-15/h16,18H,3-14H2,1-2H3. The van der Waals surface area contributed by atoms with E-state index in [0.717, 1.165) is 32.6 Å². The third kappa shape index (κ3) is 6.72. The maximum atomic E-state index is 10.3. The van der Waals surface area contributed by atoms with Crippen molar-refractivity contribution in [2.24, 2.45) is 0 Å². The SMILES string of the molecule is CCCCCCCCCN(C)CC1(O)CCNC1. The van der Waals surface area contributed by atoms with Crippen molar-refractivity contribution in [3.05, 3.63) is 0 Å². The van der Waals surface area contributed by atoms with Crippen LogP contribution in [-0.4, -0.2) is 48.8 Å². The van der Waals surface area contributed by atoms with Crippen LogP contribution in [0.2, 0.25) is 0 Å². The minimum absolute atomic E-state index is 0.476. The van der Waals surface area contributed by atoms with Gasteiger partial charge < -0.3 is 15.3 Å². The van der Waals surface area contributed by atoms with Crippen molar-refractivity contribution < 1.29 is 5.11 Å². The minimum atomic E-state index is -0.476. The first-order chi connectivity index (χ1) is 8.66. The summed E-state index contributed by atoms with van der Waals surface area (Å²) in [5.74, 6) is 0. The number of nitrogens with one attached hydrogen (secondary N) is 1. The Hall–Kier alpha value is -0.120. The van der Waals surface area contributed by atoms with Crippen LogP contribution in [0.3, 0.4) is 0 Å². The van der Waals surface area contributed by atoms with Crippen molar-refractivity contribution in [3.8, 4) is 0 Å². The summed E-state index contributed by atoms with van der Waals surface area (Å²) >= 11 is 0. The zero-order valence-electron chi connectivity index (χ0n) is 12.4. The smallest absolute Gasteiger partial charge is 0.0909 e. The van der Waals surface area contributed by atoms with E-state index >= 15 is 0 Å². The van der Waals surface area contributed by atoms with Crippen LogP contribution in [0.15, 0.2) is 0 Å². The van der Waals surface area contributed by atoms with E-state index in [2.05, 4.69) is 24.2 Å². The van der Waals surface area contributed by atoms with Gasteiger partial charge in [0.25, 0.3) is 0 Å². The monoisotopic (exact) mass is 256 g/mol. The number of β-amino-alcohol motifs (C(OH)–C–C–N with tert-alkyl or cyclic N) is 1. The summed E-state index contributed by atoms with van der Waals surface area (Å²) in [6.45, 7) is 5.92. The van der Waals surface area contributed by atoms with Gasteiger partial charge in [0.05, 0.1) is 5.60 Å². The van der Waals surface area contributed by atoms with Gasteiger partial charge in [0, 0.05) is 13.1 Å². The first kappa shape index (κ1) is 15.9. The normalized spacial score (nSPS) is 24.0. The van der Waals surface area contributed by atoms with Crippen LogP contribution in [0.1, 0.15) is 58.3 Å². The first-order valence-electron chi connectivity index (χ1n) is 7.78. The van der Waals surface area contributed by atoms with Crippen molar-refractivity contribution in [1.29, 1.82) is 0 Å². The van der Waals surface area contributed by atoms with Crippen LogP contribution >= 0.6 is 0 Å². The fourth-order valence-electron chi connectivity index (χ4n) is 2.79. The average Bonchev–Trinajstić information content (AvgIpc) is 2.74. The molecule has 1 fully saturated rings. The largest absolute Gasteiger partial charge is 0.387 e. The molecule has 0 aromatic carbocycles. The van der Waals surface area contributed by atoms with Crippen LogP contribution in [0.4, 0.5) is 0 Å². The Morgan fingerprint density at radius 3 is 2.39 bits per heavy atom. The summed E-state index contributed by atoms with van der Waals surface area (Å²) in [5, 5.41) is 13.5. The highest BCUT2D eigenvalue weighted by Gasteiger charge is 2.31. The van der Waals surface area contributed by atoms with Crippen molar-refractivity contribution in [3.63, 3.8) is 0 Å². The molecule has 1 aliphatic heterocycles. The molecule has 0 aromatic heterocycles. The number of likely N-dealkylation sites (N-methyl/N-ethyl adjacent to an activating group) is 1. The molecule has 1 unspecified atom stereocenters. The number of hydrogen-bond donors (Lipinski definition) is 2. The fourth-order valence-corrected chi connectivity index (χ4v) is 2.79. The molecule has 0 amide bonds. The zero-order chi connectivity index (χ0) is 13.3. The van der Waals surface area contributed by atoms with E-state index in [1.807, 2.05) is 0 Å². The highest BCUT2D eigenvalue weighted by molar-refractivity contribution is 4.89. The predicted octanol–water partition coefficient (Wildman–Crippen LogP) is 2.39. The van der Waals surface area contributed by atoms with E-state index < -0.39 is 5.60 Å². The highest BCUT2D eigenvalue weighted by Crippen LogP contribution is 2.15. The van der Waals surface area contributed by atoms with Crippen molar-refractivity contribution in [2.75, 3.05) is 33.2 Å². The lowest BCUT2D eigenvalue weighted by molar-refractivity contribution is 0.0280. The Balaban J connectivity index is 1.95. The molecule has 0 aliphatic carbocycles. The Kier molecular flexibility index (Phi) is 7.87. The molecule has 0 saturated carbocycles. The number of hydrogen-bond acceptors (Lipinski definition) is 3. The molecule has 2 N–H and O–H groups in total. The predicted molar refractivity (Wildman–Crippen MR) is 77.9 cm³/mol. The molecule has 3 heteroatoms. The molecule has 18 heavy (non-hydrogen) atoms. The topological polar surface area (TPSA) is 35.5 Å². The summed E-state index contributed by atoms with van der Waals surface area (Å²) in [6.07, 6.45) is 10.4. The number of unbranched alkanes of at least 4 members (excludes halogenated alkanes) is 6. The van der Waals surface area contributed by atoms with Crippen LogP contribution < -0.4 is 5.32 Å². The maximum absolute atomic E-state index is 10.3. The van der Waals surface area contributed by atoms with E-state index in [-0.39, 0.29) is 0 Å². The lowest BCUT2D eigenvalue weighted by atomic mass is 10.0. The van der Waals surface area contributed by atoms with Gasteiger partial charge in [-0.25, -0.2) is 0 Å². The average molecular weight is 256 g/mol. The Morgan fingerprint density at radius 2 is 1.78 bits per heavy atom. The second kappa shape index (κ2) is 8.89. The maximum Gasteiger partial charge on any atom is 0.0909 e. The highest BCUT2D eigenvalue weighted by atomic mass is 16.3. The molecule has 108 valence electrons. The van der Waals surface area contributed by atoms with Gasteiger partial charge in [-0.1, -0.05) is 45.4 Å². The van der Waals surface area contributed by atoms with Crippen LogP contribution in [0, 0.1) is 0 Å². The molecule has 3 nitrogen and oxygen atoms in total. The van der Waals surface area contributed by atoms with Gasteiger partial charge in [-0.3, -0.25) is 0 Å². The fraction of sp³-hybridized carbons (Fsp3) is 1.00. The summed E-state index contributed by atoms with van der Waals surface area (Å²) in [7, 11) is 2.13. The van der Waals surface area contributed by atoms with Crippen LogP contribution in [0.25, 0.3) is 0 Å². The number of nitrogens with zero attached hydrogens (tertiary/aromatic N) is 1. The molecular formula is C15H32N2O. The van der Waals surface area contributed by atoms with E-state index in [1.54, 1.807) is 0 Å². The van der Waals surface area contributed by atoms with Gasteiger partial charge in [0.2, 0.25) is 0 Å². The van der Waals surface area contributed by atoms with Crippen molar-refractivity contribution >= 4 is 0 Å². The van der Waals surface area contributed by atoms with Crippen molar-refractivity contribution in [1.82, 2.24) is 10.2 Å². The summed E-state index contributed by atoms with van der Waals surface area (Å²) in [6, 6.07) is 0. The molecule has 0 bridgehead atoms. The van der Waals surface area contributed by atoms with E-state index in [0.29, 0.717) is 0 Å². The number of rotatable bonds is 10. The lowest BCUT2D eigenvalue weighted by Gasteiger charge is -2.27. The zero-order valence-corrected chi connectivity index (χ0v) is 12.4. The molecule has 1 saturated heterocycles. The molecule has 0 radical (unpaired) electrons. The Labute approximate surface area is 113 Å². The van der Waals surface area contributed by atoms with Gasteiger partial charge in [-0.15, -0.1) is 0 Å². The third-order valence-electron chi connectivity index (χ3n) is 3.93. The molecule has 1 rings (SSSR count). The van der Waals surface area contributed by atoms with E-state index in [9.17, 15) is 5.11 Å². The van der Waals surface area contributed by atoms with E-state index in [4.69, 9.17) is 0 Å². The quantitative estimate of drug-likeness (QED) is 0.589. The molecule has 0 aromatic rings. The molecule has 0 spiro atoms. The van der Waals surface area contributed by atoms with Gasteiger partial charge in [-0.2, -0.15) is 0 Å². The summed E-state index contributed by atoms with van der Waals surface area (Å²) in [5.41, 5.74) is -0.476. The molecule has 1 atom stereocenters. The van der Waals surface area contributed by atoms with Gasteiger partial charge in [0.1, 0.15) is 0 Å². The first-order valence-corrected chi connectivity index (χ1v) is 7.78. The lowest BCUT2D eigenvalue weighted by Crippen LogP contribution is -2.43. The number of aliphatic hydroxyl groups is 1. The summed E-state index contributed by atoms with van der Waals surface area (Å²) < 4.78 is 0. The van der Waals surface area contributed by atoms with Gasteiger partial charge in [-0.05, 0) is 33.0 Å².